The Hall–Kier alpha value is -4.45. The van der Waals surface area contributed by atoms with Crippen LogP contribution in [-0.4, -0.2) is 50.7 Å². The number of carbonyl (C=O) groups excluding carboxylic acids is 1. The number of nitrogens with zero attached hydrogens (tertiary/aromatic N) is 9. The topological polar surface area (TPSA) is 121 Å². The molecule has 3 aromatic heterocycles. The van der Waals surface area contributed by atoms with Crippen molar-refractivity contribution in [1.29, 1.82) is 0 Å². The summed E-state index contributed by atoms with van der Waals surface area (Å²) >= 11 is 6.05. The molecule has 5 aromatic rings. The molecule has 0 saturated carbocycles. The first-order chi connectivity index (χ1) is 16.5. The fourth-order valence-electron chi connectivity index (χ4n) is 3.14. The molecule has 0 aliphatic heterocycles. The maximum atomic E-state index is 14.0. The number of tetrazole rings is 1. The number of anilines is 1. The number of amides is 1. The van der Waals surface area contributed by atoms with Crippen molar-refractivity contribution < 1.29 is 9.18 Å². The van der Waals surface area contributed by atoms with Crippen molar-refractivity contribution in [2.75, 3.05) is 5.32 Å². The molecule has 11 nitrogen and oxygen atoms in total. The van der Waals surface area contributed by atoms with E-state index in [1.807, 2.05) is 30.3 Å². The van der Waals surface area contributed by atoms with Crippen LogP contribution in [0, 0.1) is 5.82 Å². The highest BCUT2D eigenvalue weighted by molar-refractivity contribution is 6.31. The first-order valence-electron chi connectivity index (χ1n) is 10.1. The van der Waals surface area contributed by atoms with E-state index in [1.54, 1.807) is 18.3 Å². The third kappa shape index (κ3) is 4.66. The molecule has 1 amide bonds. The van der Waals surface area contributed by atoms with Gasteiger partial charge in [-0.05, 0) is 23.4 Å². The Morgan fingerprint density at radius 2 is 1.85 bits per heavy atom. The average molecular weight is 479 g/mol. The fraction of sp³-hybridized carbons (Fsp3) is 0.0952. The summed E-state index contributed by atoms with van der Waals surface area (Å²) < 4.78 is 16.9. The molecule has 0 bridgehead atoms. The summed E-state index contributed by atoms with van der Waals surface area (Å²) in [5.74, 6) is -0.407. The number of nitrogens with one attached hydrogen (secondary N) is 1. The van der Waals surface area contributed by atoms with Crippen LogP contribution in [-0.2, 0) is 13.2 Å². The molecular weight excluding hydrogens is 463 g/mol. The Balaban J connectivity index is 1.22. The molecule has 0 spiro atoms. The van der Waals surface area contributed by atoms with E-state index in [2.05, 4.69) is 35.9 Å². The standard InChI is InChI=1S/C21H16ClFN10O/c22-16-7-4-8-17(23)15(16)11-32-12-24-21(29-32)25-20(34)18-9-10-31(27-18)13-33-28-19(26-30-33)14-5-2-1-3-6-14/h1-10,12H,11,13H2,(H,25,29,34). The van der Waals surface area contributed by atoms with Gasteiger partial charge in [-0.1, -0.05) is 48.0 Å². The summed E-state index contributed by atoms with van der Waals surface area (Å²) in [6.45, 7) is 0.238. The van der Waals surface area contributed by atoms with E-state index in [4.69, 9.17) is 11.6 Å². The van der Waals surface area contributed by atoms with Crippen molar-refractivity contribution in [2.45, 2.75) is 13.2 Å². The van der Waals surface area contributed by atoms with Crippen LogP contribution in [0.25, 0.3) is 11.4 Å². The number of rotatable bonds is 7. The van der Waals surface area contributed by atoms with E-state index < -0.39 is 11.7 Å². The van der Waals surface area contributed by atoms with Crippen LogP contribution in [0.15, 0.2) is 67.1 Å². The van der Waals surface area contributed by atoms with Crippen molar-refractivity contribution in [3.8, 4) is 11.4 Å². The van der Waals surface area contributed by atoms with Crippen LogP contribution in [0.1, 0.15) is 16.1 Å². The summed E-state index contributed by atoms with van der Waals surface area (Å²) in [5.41, 5.74) is 1.28. The molecule has 0 saturated heterocycles. The van der Waals surface area contributed by atoms with E-state index in [0.29, 0.717) is 5.82 Å². The highest BCUT2D eigenvalue weighted by Crippen LogP contribution is 2.20. The van der Waals surface area contributed by atoms with Gasteiger partial charge < -0.3 is 0 Å². The van der Waals surface area contributed by atoms with Gasteiger partial charge >= 0.3 is 0 Å². The lowest BCUT2D eigenvalue weighted by atomic mass is 10.2. The van der Waals surface area contributed by atoms with Crippen LogP contribution in [0.3, 0.4) is 0 Å². The van der Waals surface area contributed by atoms with Gasteiger partial charge in [-0.3, -0.25) is 10.1 Å². The molecule has 0 aliphatic carbocycles. The summed E-state index contributed by atoms with van der Waals surface area (Å²) in [7, 11) is 0. The predicted molar refractivity (Wildman–Crippen MR) is 119 cm³/mol. The van der Waals surface area contributed by atoms with Crippen molar-refractivity contribution in [3.05, 3.63) is 89.2 Å². The van der Waals surface area contributed by atoms with Gasteiger partial charge in [0.2, 0.25) is 11.8 Å². The Labute approximate surface area is 196 Å². The molecule has 2 aromatic carbocycles. The van der Waals surface area contributed by atoms with E-state index >= 15 is 0 Å². The number of hydrogen-bond acceptors (Lipinski definition) is 7. The average Bonchev–Trinajstić information content (AvgIpc) is 3.59. The minimum absolute atomic E-state index is 0.0532. The minimum Gasteiger partial charge on any atom is -0.288 e. The van der Waals surface area contributed by atoms with Crippen LogP contribution in [0.5, 0.6) is 0 Å². The largest absolute Gasteiger partial charge is 0.288 e. The maximum absolute atomic E-state index is 14.0. The summed E-state index contributed by atoms with van der Waals surface area (Å²) in [6, 6.07) is 15.4. The number of aromatic nitrogens is 9. The third-order valence-electron chi connectivity index (χ3n) is 4.77. The van der Waals surface area contributed by atoms with Gasteiger partial charge in [-0.15, -0.1) is 20.1 Å². The van der Waals surface area contributed by atoms with Gasteiger partial charge in [0.15, 0.2) is 12.4 Å². The molecule has 0 aliphatic rings. The second-order valence-electron chi connectivity index (χ2n) is 7.15. The van der Waals surface area contributed by atoms with Crippen molar-refractivity contribution in [1.82, 2.24) is 44.8 Å². The Morgan fingerprint density at radius 3 is 2.68 bits per heavy atom. The molecular formula is C21H16ClFN10O. The quantitative estimate of drug-likeness (QED) is 0.381. The molecule has 0 unspecified atom stereocenters. The van der Waals surface area contributed by atoms with E-state index in [9.17, 15) is 9.18 Å². The number of benzene rings is 2. The first-order valence-corrected chi connectivity index (χ1v) is 10.4. The lowest BCUT2D eigenvalue weighted by Gasteiger charge is -2.05. The molecule has 0 atom stereocenters. The molecule has 170 valence electrons. The third-order valence-corrected chi connectivity index (χ3v) is 5.13. The zero-order valence-corrected chi connectivity index (χ0v) is 18.2. The lowest BCUT2D eigenvalue weighted by molar-refractivity contribution is 0.102. The zero-order chi connectivity index (χ0) is 23.5. The van der Waals surface area contributed by atoms with Gasteiger partial charge in [0.1, 0.15) is 12.1 Å². The number of hydrogen-bond donors (Lipinski definition) is 1. The summed E-state index contributed by atoms with van der Waals surface area (Å²) in [4.78, 5) is 17.9. The van der Waals surface area contributed by atoms with Crippen molar-refractivity contribution >= 4 is 23.5 Å². The van der Waals surface area contributed by atoms with Gasteiger partial charge in [0.05, 0.1) is 6.54 Å². The second kappa shape index (κ2) is 9.19. The van der Waals surface area contributed by atoms with Gasteiger partial charge in [-0.2, -0.15) is 5.10 Å². The molecule has 13 heteroatoms. The second-order valence-corrected chi connectivity index (χ2v) is 7.56. The van der Waals surface area contributed by atoms with E-state index in [-0.39, 0.29) is 35.4 Å². The van der Waals surface area contributed by atoms with Crippen molar-refractivity contribution in [2.24, 2.45) is 0 Å². The normalized spacial score (nSPS) is 11.0. The SMILES string of the molecule is O=C(Nc1ncn(Cc2c(F)cccc2Cl)n1)c1ccn(Cn2nnc(-c3ccccc3)n2)n1. The highest BCUT2D eigenvalue weighted by Gasteiger charge is 2.14. The molecule has 1 N–H and O–H groups in total. The smallest absolute Gasteiger partial charge is 0.278 e. The van der Waals surface area contributed by atoms with E-state index in [1.165, 1.54) is 32.6 Å². The van der Waals surface area contributed by atoms with Gasteiger partial charge in [0.25, 0.3) is 5.91 Å². The monoisotopic (exact) mass is 478 g/mol. The fourth-order valence-corrected chi connectivity index (χ4v) is 3.36. The summed E-state index contributed by atoms with van der Waals surface area (Å²) in [5, 5.41) is 23.6. The molecule has 3 heterocycles. The molecule has 0 radical (unpaired) electrons. The maximum Gasteiger partial charge on any atom is 0.278 e. The van der Waals surface area contributed by atoms with Crippen molar-refractivity contribution in [3.63, 3.8) is 0 Å². The van der Waals surface area contributed by atoms with Gasteiger partial charge in [-0.25, -0.2) is 18.7 Å². The Kier molecular flexibility index (Phi) is 5.79. The van der Waals surface area contributed by atoms with Crippen LogP contribution in [0.4, 0.5) is 10.3 Å². The first kappa shape index (κ1) is 21.4. The molecule has 0 fully saturated rings. The number of carbonyl (C=O) groups is 1. The zero-order valence-electron chi connectivity index (χ0n) is 17.5. The van der Waals surface area contributed by atoms with E-state index in [0.717, 1.165) is 5.56 Å². The Morgan fingerprint density at radius 1 is 1.00 bits per heavy atom. The molecule has 5 rings (SSSR count). The van der Waals surface area contributed by atoms with Crippen LogP contribution >= 0.6 is 11.6 Å². The lowest BCUT2D eigenvalue weighted by Crippen LogP contribution is -2.16. The van der Waals surface area contributed by atoms with Gasteiger partial charge in [0, 0.05) is 22.3 Å². The highest BCUT2D eigenvalue weighted by atomic mass is 35.5. The summed E-state index contributed by atoms with van der Waals surface area (Å²) in [6.07, 6.45) is 2.99. The molecule has 34 heavy (non-hydrogen) atoms. The number of halogens is 2. The van der Waals surface area contributed by atoms with Crippen LogP contribution < -0.4 is 5.32 Å². The minimum atomic E-state index is -0.503. The van der Waals surface area contributed by atoms with Crippen LogP contribution in [0.2, 0.25) is 5.02 Å². The Bertz CT molecular complexity index is 1420. The predicted octanol–water partition coefficient (Wildman–Crippen LogP) is 2.73.